The molecule has 2 aliphatic heterocycles. The van der Waals surface area contributed by atoms with E-state index in [1.807, 2.05) is 31.2 Å². The Morgan fingerprint density at radius 2 is 1.97 bits per heavy atom. The summed E-state index contributed by atoms with van der Waals surface area (Å²) < 4.78 is 23.1. The van der Waals surface area contributed by atoms with Crippen LogP contribution in [0.15, 0.2) is 53.4 Å². The molecule has 2 amide bonds. The first kappa shape index (κ1) is 19.9. The quantitative estimate of drug-likeness (QED) is 0.771. The van der Waals surface area contributed by atoms with E-state index in [0.29, 0.717) is 24.3 Å². The van der Waals surface area contributed by atoms with Crippen molar-refractivity contribution in [3.63, 3.8) is 0 Å². The van der Waals surface area contributed by atoms with E-state index < -0.39 is 20.9 Å². The molecule has 29 heavy (non-hydrogen) atoms. The Labute approximate surface area is 173 Å². The molecule has 4 rings (SSSR count). The van der Waals surface area contributed by atoms with Crippen molar-refractivity contribution in [3.05, 3.63) is 59.7 Å². The highest BCUT2D eigenvalue weighted by atomic mass is 32.2. The molecule has 0 aromatic heterocycles. The molecule has 152 valence electrons. The van der Waals surface area contributed by atoms with Gasteiger partial charge in [-0.25, -0.2) is 13.6 Å². The second kappa shape index (κ2) is 7.16. The first-order chi connectivity index (χ1) is 13.7. The molecular weight excluding hydrogens is 410 g/mol. The van der Waals surface area contributed by atoms with Crippen molar-refractivity contribution in [3.8, 4) is 0 Å². The van der Waals surface area contributed by atoms with Gasteiger partial charge in [0.15, 0.2) is 0 Å². The summed E-state index contributed by atoms with van der Waals surface area (Å²) in [6.45, 7) is 2.01. The zero-order valence-corrected chi connectivity index (χ0v) is 17.4. The number of nitrogens with two attached hydrogens (primary N) is 1. The van der Waals surface area contributed by atoms with Gasteiger partial charge in [0.05, 0.1) is 4.90 Å². The molecule has 2 saturated heterocycles. The standard InChI is InChI=1S/C20H21N3O4S2/c1-13-5-7-14(8-6-13)20-10-9-18(24)23(20)17(12-28-20)19(25)22-15-3-2-4-16(11-15)29(21,26)27/h2-8,11,17H,9-10,12H2,1H3,(H,22,25)(H2,21,26,27)/t17-,20-/m0/s1. The molecule has 2 aromatic rings. The van der Waals surface area contributed by atoms with Crippen LogP contribution in [0.1, 0.15) is 24.0 Å². The van der Waals surface area contributed by atoms with E-state index >= 15 is 0 Å². The van der Waals surface area contributed by atoms with Crippen molar-refractivity contribution < 1.29 is 18.0 Å². The average molecular weight is 432 g/mol. The van der Waals surface area contributed by atoms with Crippen LogP contribution in [0.3, 0.4) is 0 Å². The molecular formula is C20H21N3O4S2. The number of anilines is 1. The Morgan fingerprint density at radius 3 is 2.66 bits per heavy atom. The number of aryl methyl sites for hydroxylation is 1. The van der Waals surface area contributed by atoms with E-state index in [-0.39, 0.29) is 16.7 Å². The molecule has 2 aromatic carbocycles. The zero-order valence-electron chi connectivity index (χ0n) is 15.8. The van der Waals surface area contributed by atoms with Gasteiger partial charge in [0.2, 0.25) is 21.8 Å². The summed E-state index contributed by atoms with van der Waals surface area (Å²) in [5, 5.41) is 7.90. The van der Waals surface area contributed by atoms with Gasteiger partial charge < -0.3 is 10.2 Å². The lowest BCUT2D eigenvalue weighted by atomic mass is 10.0. The summed E-state index contributed by atoms with van der Waals surface area (Å²) in [4.78, 5) is 26.8. The van der Waals surface area contributed by atoms with E-state index in [2.05, 4.69) is 5.32 Å². The molecule has 9 heteroatoms. The van der Waals surface area contributed by atoms with Crippen molar-refractivity contribution >= 4 is 39.3 Å². The van der Waals surface area contributed by atoms with Gasteiger partial charge in [-0.15, -0.1) is 11.8 Å². The van der Waals surface area contributed by atoms with Crippen molar-refractivity contribution in [2.45, 2.75) is 35.6 Å². The first-order valence-electron chi connectivity index (χ1n) is 9.18. The lowest BCUT2D eigenvalue weighted by molar-refractivity contribution is -0.136. The molecule has 0 aliphatic carbocycles. The number of carbonyl (C=O) groups is 2. The third-order valence-corrected chi connectivity index (χ3v) is 7.87. The Hall–Kier alpha value is -2.36. The van der Waals surface area contributed by atoms with Gasteiger partial charge >= 0.3 is 0 Å². The molecule has 0 unspecified atom stereocenters. The number of amides is 2. The Kier molecular flexibility index (Phi) is 4.92. The number of primary sulfonamides is 1. The monoisotopic (exact) mass is 431 g/mol. The van der Waals surface area contributed by atoms with Crippen LogP contribution in [0.2, 0.25) is 0 Å². The SMILES string of the molecule is Cc1ccc([C@@]23CCC(=O)N2[C@H](C(=O)Nc2cccc(S(N)(=O)=O)c2)CS3)cc1. The van der Waals surface area contributed by atoms with Gasteiger partial charge in [0, 0.05) is 17.9 Å². The van der Waals surface area contributed by atoms with Gasteiger partial charge in [-0.1, -0.05) is 35.9 Å². The van der Waals surface area contributed by atoms with Gasteiger partial charge in [-0.3, -0.25) is 9.59 Å². The summed E-state index contributed by atoms with van der Waals surface area (Å²) in [6.07, 6.45) is 1.05. The molecule has 7 nitrogen and oxygen atoms in total. The number of rotatable bonds is 4. The van der Waals surface area contributed by atoms with Gasteiger partial charge in [-0.2, -0.15) is 0 Å². The minimum Gasteiger partial charge on any atom is -0.324 e. The second-order valence-electron chi connectivity index (χ2n) is 7.30. The van der Waals surface area contributed by atoms with E-state index in [0.717, 1.165) is 11.1 Å². The maximum atomic E-state index is 13.0. The van der Waals surface area contributed by atoms with Crippen LogP contribution in [0.25, 0.3) is 0 Å². The topological polar surface area (TPSA) is 110 Å². The maximum Gasteiger partial charge on any atom is 0.248 e. The number of benzene rings is 2. The molecule has 2 aliphatic rings. The number of carbonyl (C=O) groups excluding carboxylic acids is 2. The third kappa shape index (κ3) is 3.54. The molecule has 2 fully saturated rings. The van der Waals surface area contributed by atoms with Gasteiger partial charge in [0.1, 0.15) is 10.9 Å². The summed E-state index contributed by atoms with van der Waals surface area (Å²) >= 11 is 1.61. The largest absolute Gasteiger partial charge is 0.324 e. The third-order valence-electron chi connectivity index (χ3n) is 5.36. The highest BCUT2D eigenvalue weighted by molar-refractivity contribution is 8.00. The number of fused-ring (bicyclic) bond motifs is 1. The number of nitrogens with zero attached hydrogens (tertiary/aromatic N) is 1. The van der Waals surface area contributed by atoms with Crippen molar-refractivity contribution in [2.75, 3.05) is 11.1 Å². The summed E-state index contributed by atoms with van der Waals surface area (Å²) in [6, 6.07) is 13.2. The van der Waals surface area contributed by atoms with E-state index in [1.165, 1.54) is 18.2 Å². The normalized spacial score (nSPS) is 23.9. The molecule has 2 heterocycles. The van der Waals surface area contributed by atoms with Gasteiger partial charge in [0.25, 0.3) is 0 Å². The molecule has 2 atom stereocenters. The fourth-order valence-electron chi connectivity index (χ4n) is 3.93. The summed E-state index contributed by atoms with van der Waals surface area (Å²) in [5.41, 5.74) is 2.48. The Bertz CT molecular complexity index is 1090. The lowest BCUT2D eigenvalue weighted by Gasteiger charge is -2.34. The number of nitrogens with one attached hydrogen (secondary N) is 1. The van der Waals surface area contributed by atoms with Crippen molar-refractivity contribution in [1.29, 1.82) is 0 Å². The fourth-order valence-corrected chi connectivity index (χ4v) is 6.14. The van der Waals surface area contributed by atoms with Crippen molar-refractivity contribution in [1.82, 2.24) is 4.90 Å². The molecule has 0 radical (unpaired) electrons. The molecule has 0 spiro atoms. The predicted octanol–water partition coefficient (Wildman–Crippen LogP) is 2.17. The van der Waals surface area contributed by atoms with Gasteiger partial charge in [-0.05, 0) is 37.1 Å². The molecule has 0 saturated carbocycles. The highest BCUT2D eigenvalue weighted by Gasteiger charge is 2.56. The minimum absolute atomic E-state index is 0.0472. The van der Waals surface area contributed by atoms with E-state index in [4.69, 9.17) is 5.14 Å². The lowest BCUT2D eigenvalue weighted by Crippen LogP contribution is -2.48. The van der Waals surface area contributed by atoms with E-state index in [9.17, 15) is 18.0 Å². The average Bonchev–Trinajstić information content (AvgIpc) is 3.21. The number of hydrogen-bond donors (Lipinski definition) is 2. The van der Waals surface area contributed by atoms with E-state index in [1.54, 1.807) is 22.7 Å². The van der Waals surface area contributed by atoms with Crippen LogP contribution in [0, 0.1) is 6.92 Å². The minimum atomic E-state index is -3.87. The first-order valence-corrected chi connectivity index (χ1v) is 11.7. The Balaban J connectivity index is 1.60. The van der Waals surface area contributed by atoms with Crippen molar-refractivity contribution in [2.24, 2.45) is 5.14 Å². The maximum absolute atomic E-state index is 13.0. The zero-order chi connectivity index (χ0) is 20.8. The van der Waals surface area contributed by atoms with Crippen LogP contribution in [-0.2, 0) is 24.5 Å². The Morgan fingerprint density at radius 1 is 1.24 bits per heavy atom. The fraction of sp³-hybridized carbons (Fsp3) is 0.300. The van der Waals surface area contributed by atoms with Crippen LogP contribution in [0.5, 0.6) is 0 Å². The van der Waals surface area contributed by atoms with Crippen LogP contribution >= 0.6 is 11.8 Å². The smallest absolute Gasteiger partial charge is 0.248 e. The molecule has 3 N–H and O–H groups in total. The number of hydrogen-bond acceptors (Lipinski definition) is 5. The van der Waals surface area contributed by atoms with Crippen LogP contribution < -0.4 is 10.5 Å². The number of thioether (sulfide) groups is 1. The van der Waals surface area contributed by atoms with Crippen LogP contribution in [-0.4, -0.2) is 36.9 Å². The summed E-state index contributed by atoms with van der Waals surface area (Å²) in [7, 11) is -3.87. The highest BCUT2D eigenvalue weighted by Crippen LogP contribution is 2.54. The predicted molar refractivity (Wildman–Crippen MR) is 112 cm³/mol. The number of sulfonamides is 1. The van der Waals surface area contributed by atoms with Crippen LogP contribution in [0.4, 0.5) is 5.69 Å². The second-order valence-corrected chi connectivity index (χ2v) is 10.2. The molecule has 0 bridgehead atoms. The summed E-state index contributed by atoms with van der Waals surface area (Å²) in [5.74, 6) is 0.0858.